The van der Waals surface area contributed by atoms with Crippen LogP contribution < -0.4 is 0 Å². The number of nitrogens with zero attached hydrogens (tertiary/aromatic N) is 3. The van der Waals surface area contributed by atoms with Crippen LogP contribution in [-0.4, -0.2) is 23.1 Å². The van der Waals surface area contributed by atoms with E-state index in [2.05, 4.69) is 15.3 Å². The lowest BCUT2D eigenvalue weighted by Gasteiger charge is -2.47. The topological polar surface area (TPSA) is 143 Å². The molecule has 2 unspecified atom stereocenters. The van der Waals surface area contributed by atoms with E-state index in [-0.39, 0.29) is 50.1 Å². The second kappa shape index (κ2) is 8.26. The Labute approximate surface area is 186 Å². The first-order valence-electron chi connectivity index (χ1n) is 10.8. The van der Waals surface area contributed by atoms with E-state index in [4.69, 9.17) is 16.6 Å². The molecule has 32 heavy (non-hydrogen) atoms. The van der Waals surface area contributed by atoms with Gasteiger partial charge in [0.15, 0.2) is 11.6 Å². The summed E-state index contributed by atoms with van der Waals surface area (Å²) in [6, 6.07) is 17.8. The number of hydrogen-bond acceptors (Lipinski definition) is 8. The molecule has 164 valence electrons. The molecule has 2 fully saturated rings. The van der Waals surface area contributed by atoms with Gasteiger partial charge in [0.2, 0.25) is 0 Å². The van der Waals surface area contributed by atoms with Gasteiger partial charge in [-0.25, -0.2) is 16.6 Å². The first kappa shape index (κ1) is 21.8. The zero-order valence-electron chi connectivity index (χ0n) is 17.8. The quantitative estimate of drug-likeness (QED) is 0.504. The number of Topliss-reactive ketones (excluding diaryl/α,β-unsaturated/α-hetero) is 2. The molecule has 4 rings (SSSR count). The number of carbonyl (C=O) groups excluding carboxylic acids is 2. The van der Waals surface area contributed by atoms with E-state index < -0.39 is 22.5 Å². The van der Waals surface area contributed by atoms with Crippen molar-refractivity contribution in [2.24, 2.45) is 20.8 Å². The van der Waals surface area contributed by atoms with E-state index >= 15 is 0 Å². The maximum Gasteiger partial charge on any atom is 0.168 e. The predicted molar refractivity (Wildman–Crippen MR) is 116 cm³/mol. The van der Waals surface area contributed by atoms with Crippen LogP contribution in [0.25, 0.3) is 0 Å². The van der Waals surface area contributed by atoms with Crippen LogP contribution in [0.15, 0.2) is 76.0 Å². The van der Waals surface area contributed by atoms with Crippen LogP contribution in [0.5, 0.6) is 0 Å². The lowest BCUT2D eigenvalue weighted by molar-refractivity contribution is -0.136. The van der Waals surface area contributed by atoms with Gasteiger partial charge >= 0.3 is 0 Å². The maximum absolute atomic E-state index is 13.5. The SMILES string of the molecule is N=NC1CC(N=N)(c2ccccc2)C2(CCC(N=N)(C(=O)Cc3ccccc3)CC2)C1=O. The van der Waals surface area contributed by atoms with Gasteiger partial charge in [0, 0.05) is 12.8 Å². The maximum atomic E-state index is 13.5. The van der Waals surface area contributed by atoms with Gasteiger partial charge in [-0.1, -0.05) is 60.7 Å². The van der Waals surface area contributed by atoms with E-state index in [9.17, 15) is 9.59 Å². The Balaban J connectivity index is 1.69. The van der Waals surface area contributed by atoms with Crippen LogP contribution in [0.3, 0.4) is 0 Å². The molecule has 8 nitrogen and oxygen atoms in total. The molecule has 2 aliphatic carbocycles. The highest BCUT2D eigenvalue weighted by molar-refractivity contribution is 5.96. The van der Waals surface area contributed by atoms with Crippen molar-refractivity contribution in [2.75, 3.05) is 0 Å². The molecular weight excluding hydrogens is 404 g/mol. The summed E-state index contributed by atoms with van der Waals surface area (Å²) in [6.45, 7) is 0. The summed E-state index contributed by atoms with van der Waals surface area (Å²) in [5.41, 5.74) is 21.8. The molecular formula is C24H26N6O2. The second-order valence-electron chi connectivity index (χ2n) is 8.86. The minimum Gasteiger partial charge on any atom is -0.297 e. The molecule has 1 spiro atoms. The highest BCUT2D eigenvalue weighted by Gasteiger charge is 2.67. The van der Waals surface area contributed by atoms with Gasteiger partial charge in [0.1, 0.15) is 17.1 Å². The van der Waals surface area contributed by atoms with Crippen molar-refractivity contribution < 1.29 is 9.59 Å². The highest BCUT2D eigenvalue weighted by Crippen LogP contribution is 2.62. The number of rotatable bonds is 7. The smallest absolute Gasteiger partial charge is 0.168 e. The fourth-order valence-corrected chi connectivity index (χ4v) is 5.67. The third-order valence-electron chi connectivity index (χ3n) is 7.52. The molecule has 2 saturated carbocycles. The van der Waals surface area contributed by atoms with Gasteiger partial charge in [0.25, 0.3) is 0 Å². The van der Waals surface area contributed by atoms with Crippen molar-refractivity contribution in [1.29, 1.82) is 16.6 Å². The predicted octanol–water partition coefficient (Wildman–Crippen LogP) is 5.43. The Kier molecular flexibility index (Phi) is 5.62. The third kappa shape index (κ3) is 3.13. The Bertz CT molecular complexity index is 1050. The third-order valence-corrected chi connectivity index (χ3v) is 7.52. The molecule has 2 atom stereocenters. The molecule has 2 aromatic carbocycles. The Morgan fingerprint density at radius 2 is 1.47 bits per heavy atom. The standard InChI is InChI=1S/C24H26N6O2/c25-28-19-16-24(30-27,18-9-5-2-6-10-18)22(21(19)32)11-13-23(29-26,14-12-22)20(31)15-17-7-3-1-4-8-17/h1-10,19,25-27H,11-16H2. The van der Waals surface area contributed by atoms with Crippen molar-refractivity contribution in [3.8, 4) is 0 Å². The van der Waals surface area contributed by atoms with Crippen molar-refractivity contribution in [2.45, 2.75) is 55.6 Å². The van der Waals surface area contributed by atoms with Gasteiger partial charge in [-0.3, -0.25) is 9.59 Å². The van der Waals surface area contributed by atoms with E-state index in [1.54, 1.807) is 0 Å². The molecule has 0 heterocycles. The minimum atomic E-state index is -1.18. The summed E-state index contributed by atoms with van der Waals surface area (Å²) < 4.78 is 0. The fraction of sp³-hybridized carbons (Fsp3) is 0.417. The largest absolute Gasteiger partial charge is 0.297 e. The lowest BCUT2D eigenvalue weighted by Crippen LogP contribution is -2.52. The number of hydrogen-bond donors (Lipinski definition) is 3. The highest BCUT2D eigenvalue weighted by atomic mass is 16.1. The summed E-state index contributed by atoms with van der Waals surface area (Å²) in [5.74, 6) is -0.324. The van der Waals surface area contributed by atoms with E-state index in [0.717, 1.165) is 11.1 Å². The van der Waals surface area contributed by atoms with Crippen LogP contribution in [0.4, 0.5) is 0 Å². The van der Waals surface area contributed by atoms with Crippen molar-refractivity contribution in [3.05, 3.63) is 71.8 Å². The second-order valence-corrected chi connectivity index (χ2v) is 8.86. The molecule has 8 heteroatoms. The fourth-order valence-electron chi connectivity index (χ4n) is 5.67. The van der Waals surface area contributed by atoms with Crippen LogP contribution >= 0.6 is 0 Å². The lowest BCUT2D eigenvalue weighted by atomic mass is 9.57. The van der Waals surface area contributed by atoms with Gasteiger partial charge in [-0.15, -0.1) is 0 Å². The van der Waals surface area contributed by atoms with Crippen LogP contribution in [-0.2, 0) is 21.5 Å². The average Bonchev–Trinajstić information content (AvgIpc) is 3.09. The number of carbonyl (C=O) groups is 2. The summed E-state index contributed by atoms with van der Waals surface area (Å²) in [6.07, 6.45) is 1.38. The summed E-state index contributed by atoms with van der Waals surface area (Å²) >= 11 is 0. The van der Waals surface area contributed by atoms with E-state index in [0.29, 0.717) is 0 Å². The normalized spacial score (nSPS) is 31.9. The Morgan fingerprint density at radius 1 is 0.875 bits per heavy atom. The Morgan fingerprint density at radius 3 is 2.00 bits per heavy atom. The number of nitrogens with one attached hydrogen (secondary N) is 3. The van der Waals surface area contributed by atoms with Crippen molar-refractivity contribution in [1.82, 2.24) is 0 Å². The first-order chi connectivity index (χ1) is 15.5. The van der Waals surface area contributed by atoms with Gasteiger partial charge in [-0.05, 0) is 36.8 Å². The number of ketones is 2. The summed E-state index contributed by atoms with van der Waals surface area (Å²) in [7, 11) is 0. The molecule has 0 bridgehead atoms. The number of benzene rings is 2. The zero-order chi connectivity index (χ0) is 22.8. The monoisotopic (exact) mass is 430 g/mol. The van der Waals surface area contributed by atoms with Gasteiger partial charge < -0.3 is 0 Å². The molecule has 0 amide bonds. The van der Waals surface area contributed by atoms with E-state index in [1.807, 2.05) is 60.7 Å². The molecule has 0 saturated heterocycles. The summed E-state index contributed by atoms with van der Waals surface area (Å²) in [5, 5.41) is 11.4. The zero-order valence-corrected chi connectivity index (χ0v) is 17.8. The molecule has 2 aliphatic rings. The summed E-state index contributed by atoms with van der Waals surface area (Å²) in [4.78, 5) is 26.7. The van der Waals surface area contributed by atoms with Crippen LogP contribution in [0.2, 0.25) is 0 Å². The van der Waals surface area contributed by atoms with Crippen LogP contribution in [0.1, 0.15) is 43.2 Å². The van der Waals surface area contributed by atoms with Gasteiger partial charge in [0.05, 0.1) is 5.41 Å². The average molecular weight is 431 g/mol. The van der Waals surface area contributed by atoms with Crippen molar-refractivity contribution in [3.63, 3.8) is 0 Å². The molecule has 3 N–H and O–H groups in total. The first-order valence-corrected chi connectivity index (χ1v) is 10.8. The van der Waals surface area contributed by atoms with Gasteiger partial charge in [-0.2, -0.15) is 15.3 Å². The van der Waals surface area contributed by atoms with Crippen molar-refractivity contribution >= 4 is 11.6 Å². The molecule has 2 aromatic rings. The molecule has 0 radical (unpaired) electrons. The minimum absolute atomic E-state index is 0.131. The Hall–Kier alpha value is -3.42. The van der Waals surface area contributed by atoms with Crippen LogP contribution in [0, 0.1) is 22.0 Å². The molecule has 0 aliphatic heterocycles. The van der Waals surface area contributed by atoms with E-state index in [1.165, 1.54) is 0 Å². The molecule has 0 aromatic heterocycles.